The van der Waals surface area contributed by atoms with Crippen LogP contribution >= 0.6 is 11.8 Å². The Morgan fingerprint density at radius 3 is 3.04 bits per heavy atom. The van der Waals surface area contributed by atoms with Gasteiger partial charge in [-0.1, -0.05) is 30.0 Å². The lowest BCUT2D eigenvalue weighted by Gasteiger charge is -2.31. The van der Waals surface area contributed by atoms with E-state index in [9.17, 15) is 9.59 Å². The third-order valence-electron chi connectivity index (χ3n) is 4.72. The van der Waals surface area contributed by atoms with Crippen LogP contribution in [0.5, 0.6) is 0 Å². The zero-order chi connectivity index (χ0) is 18.8. The Morgan fingerprint density at radius 2 is 2.19 bits per heavy atom. The smallest absolute Gasteiger partial charge is 0.277 e. The highest BCUT2D eigenvalue weighted by Crippen LogP contribution is 2.29. The lowest BCUT2D eigenvalue weighted by atomic mass is 9.97. The van der Waals surface area contributed by atoms with Crippen LogP contribution in [0, 0.1) is 5.92 Å². The highest BCUT2D eigenvalue weighted by molar-refractivity contribution is 7.99. The van der Waals surface area contributed by atoms with Gasteiger partial charge in [-0.15, -0.1) is 10.2 Å². The van der Waals surface area contributed by atoms with Crippen molar-refractivity contribution in [3.05, 3.63) is 30.5 Å². The number of benzene rings is 1. The van der Waals surface area contributed by atoms with Crippen molar-refractivity contribution in [3.63, 3.8) is 0 Å². The molecule has 0 radical (unpaired) electrons. The number of rotatable bonds is 5. The van der Waals surface area contributed by atoms with Gasteiger partial charge < -0.3 is 20.0 Å². The Kier molecular flexibility index (Phi) is 4.85. The highest BCUT2D eigenvalue weighted by atomic mass is 32.2. The van der Waals surface area contributed by atoms with Gasteiger partial charge in [-0.3, -0.25) is 9.59 Å². The molecule has 2 aromatic heterocycles. The Labute approximate surface area is 159 Å². The first kappa shape index (κ1) is 17.6. The van der Waals surface area contributed by atoms with E-state index in [1.54, 1.807) is 4.90 Å². The molecule has 1 aliphatic heterocycles. The first-order valence-electron chi connectivity index (χ1n) is 8.71. The predicted molar refractivity (Wildman–Crippen MR) is 101 cm³/mol. The number of aromatic amines is 1. The number of thioether (sulfide) groups is 1. The van der Waals surface area contributed by atoms with Gasteiger partial charge in [0.2, 0.25) is 11.8 Å². The van der Waals surface area contributed by atoms with Crippen LogP contribution in [0.2, 0.25) is 0 Å². The number of carbonyl (C=O) groups excluding carboxylic acids is 2. The maximum Gasteiger partial charge on any atom is 0.277 e. The topological polar surface area (TPSA) is 118 Å². The quantitative estimate of drug-likeness (QED) is 0.649. The number of piperidine rings is 1. The van der Waals surface area contributed by atoms with Gasteiger partial charge in [0.1, 0.15) is 0 Å². The van der Waals surface area contributed by atoms with E-state index in [0.29, 0.717) is 24.2 Å². The van der Waals surface area contributed by atoms with Crippen molar-refractivity contribution in [1.82, 2.24) is 20.1 Å². The fraction of sp³-hybridized carbons (Fsp3) is 0.333. The van der Waals surface area contributed by atoms with E-state index in [1.165, 1.54) is 11.8 Å². The van der Waals surface area contributed by atoms with Crippen LogP contribution in [-0.4, -0.2) is 50.7 Å². The van der Waals surface area contributed by atoms with Gasteiger partial charge in [0.05, 0.1) is 17.2 Å². The molecule has 27 heavy (non-hydrogen) atoms. The van der Waals surface area contributed by atoms with Crippen LogP contribution in [0.4, 0.5) is 0 Å². The third-order valence-corrected chi connectivity index (χ3v) is 5.52. The molecule has 1 fully saturated rings. The summed E-state index contributed by atoms with van der Waals surface area (Å²) in [5, 5.41) is 9.46. The van der Waals surface area contributed by atoms with Gasteiger partial charge in [-0.05, 0) is 18.9 Å². The van der Waals surface area contributed by atoms with E-state index >= 15 is 0 Å². The molecule has 4 rings (SSSR count). The van der Waals surface area contributed by atoms with Crippen LogP contribution in [0.15, 0.2) is 40.1 Å². The molecule has 1 unspecified atom stereocenters. The van der Waals surface area contributed by atoms with Crippen LogP contribution in [0.3, 0.4) is 0 Å². The molecule has 9 heteroatoms. The first-order valence-corrected chi connectivity index (χ1v) is 9.70. The van der Waals surface area contributed by atoms with E-state index in [0.717, 1.165) is 29.3 Å². The number of likely N-dealkylation sites (tertiary alicyclic amines) is 1. The number of aromatic nitrogens is 3. The van der Waals surface area contributed by atoms with Crippen molar-refractivity contribution in [2.24, 2.45) is 11.7 Å². The molecule has 0 spiro atoms. The van der Waals surface area contributed by atoms with Crippen molar-refractivity contribution in [3.8, 4) is 11.5 Å². The Bertz CT molecular complexity index is 982. The van der Waals surface area contributed by atoms with Crippen molar-refractivity contribution in [2.45, 2.75) is 18.1 Å². The molecular weight excluding hydrogens is 366 g/mol. The van der Waals surface area contributed by atoms with E-state index in [4.69, 9.17) is 10.2 Å². The molecular formula is C18H19N5O3S. The van der Waals surface area contributed by atoms with Gasteiger partial charge in [-0.2, -0.15) is 0 Å². The summed E-state index contributed by atoms with van der Waals surface area (Å²) in [4.78, 5) is 28.6. The first-order chi connectivity index (χ1) is 13.1. The molecule has 2 amide bonds. The number of hydrogen-bond donors (Lipinski definition) is 2. The second kappa shape index (κ2) is 7.43. The summed E-state index contributed by atoms with van der Waals surface area (Å²) < 4.78 is 5.71. The highest BCUT2D eigenvalue weighted by Gasteiger charge is 2.27. The predicted octanol–water partition coefficient (Wildman–Crippen LogP) is 2.03. The van der Waals surface area contributed by atoms with E-state index in [2.05, 4.69) is 15.2 Å². The summed E-state index contributed by atoms with van der Waals surface area (Å²) in [6.07, 6.45) is 3.36. The Morgan fingerprint density at radius 1 is 1.33 bits per heavy atom. The number of amides is 2. The standard InChI is InChI=1S/C18H19N5O3S/c19-16(25)11-4-3-7-23(9-11)15(24)10-27-18-22-21-17(26-18)13-8-20-14-6-2-1-5-12(13)14/h1-2,5-6,8,11,20H,3-4,7,9-10H2,(H2,19,25). The molecule has 1 saturated heterocycles. The van der Waals surface area contributed by atoms with Crippen LogP contribution in [-0.2, 0) is 9.59 Å². The number of fused-ring (bicyclic) bond motifs is 1. The number of primary amides is 1. The van der Waals surface area contributed by atoms with Crippen molar-refractivity contribution >= 4 is 34.5 Å². The normalized spacial score (nSPS) is 17.3. The summed E-state index contributed by atoms with van der Waals surface area (Å²) in [5.74, 6) is -0.0713. The van der Waals surface area contributed by atoms with Crippen LogP contribution in [0.25, 0.3) is 22.4 Å². The van der Waals surface area contributed by atoms with E-state index < -0.39 is 0 Å². The van der Waals surface area contributed by atoms with Gasteiger partial charge in [0.15, 0.2) is 0 Å². The number of nitrogens with two attached hydrogens (primary N) is 1. The number of nitrogens with zero attached hydrogens (tertiary/aromatic N) is 3. The van der Waals surface area contributed by atoms with Gasteiger partial charge in [0, 0.05) is 30.2 Å². The molecule has 0 saturated carbocycles. The number of H-pyrrole nitrogens is 1. The molecule has 8 nitrogen and oxygen atoms in total. The minimum atomic E-state index is -0.347. The maximum absolute atomic E-state index is 12.4. The molecule has 140 valence electrons. The summed E-state index contributed by atoms with van der Waals surface area (Å²) >= 11 is 1.20. The number of hydrogen-bond acceptors (Lipinski definition) is 6. The van der Waals surface area contributed by atoms with E-state index in [1.807, 2.05) is 30.5 Å². The number of carbonyl (C=O) groups is 2. The van der Waals surface area contributed by atoms with Crippen molar-refractivity contribution in [1.29, 1.82) is 0 Å². The van der Waals surface area contributed by atoms with E-state index in [-0.39, 0.29) is 23.5 Å². The van der Waals surface area contributed by atoms with Crippen molar-refractivity contribution in [2.75, 3.05) is 18.8 Å². The Hall–Kier alpha value is -2.81. The minimum Gasteiger partial charge on any atom is -0.411 e. The van der Waals surface area contributed by atoms with Gasteiger partial charge >= 0.3 is 0 Å². The van der Waals surface area contributed by atoms with Gasteiger partial charge in [0.25, 0.3) is 11.1 Å². The number of nitrogens with one attached hydrogen (secondary N) is 1. The van der Waals surface area contributed by atoms with Crippen LogP contribution in [0.1, 0.15) is 12.8 Å². The lowest BCUT2D eigenvalue weighted by Crippen LogP contribution is -2.44. The summed E-state index contributed by atoms with van der Waals surface area (Å²) in [5.41, 5.74) is 7.19. The maximum atomic E-state index is 12.4. The average Bonchev–Trinajstić information content (AvgIpc) is 3.32. The minimum absolute atomic E-state index is 0.0576. The molecule has 1 aromatic carbocycles. The SMILES string of the molecule is NC(=O)C1CCCN(C(=O)CSc2nnc(-c3c[nH]c4ccccc34)o2)C1. The molecule has 0 aliphatic carbocycles. The number of para-hydroxylation sites is 1. The Balaban J connectivity index is 1.40. The molecule has 1 atom stereocenters. The van der Waals surface area contributed by atoms with Crippen LogP contribution < -0.4 is 5.73 Å². The average molecular weight is 385 g/mol. The lowest BCUT2D eigenvalue weighted by molar-refractivity contribution is -0.132. The summed E-state index contributed by atoms with van der Waals surface area (Å²) in [7, 11) is 0. The van der Waals surface area contributed by atoms with Gasteiger partial charge in [-0.25, -0.2) is 0 Å². The van der Waals surface area contributed by atoms with Crippen molar-refractivity contribution < 1.29 is 14.0 Å². The third kappa shape index (κ3) is 3.68. The second-order valence-corrected chi connectivity index (χ2v) is 7.42. The monoisotopic (exact) mass is 385 g/mol. The zero-order valence-corrected chi connectivity index (χ0v) is 15.4. The largest absolute Gasteiger partial charge is 0.411 e. The molecule has 3 aromatic rings. The molecule has 3 heterocycles. The zero-order valence-electron chi connectivity index (χ0n) is 14.6. The fourth-order valence-electron chi connectivity index (χ4n) is 3.28. The molecule has 1 aliphatic rings. The summed E-state index contributed by atoms with van der Waals surface area (Å²) in [6, 6.07) is 7.85. The molecule has 0 bridgehead atoms. The fourth-order valence-corrected chi connectivity index (χ4v) is 3.94. The second-order valence-electron chi connectivity index (χ2n) is 6.49. The molecule has 3 N–H and O–H groups in total. The summed E-state index contributed by atoms with van der Waals surface area (Å²) in [6.45, 7) is 1.03.